The second-order valence-corrected chi connectivity index (χ2v) is 17.6. The van der Waals surface area contributed by atoms with Gasteiger partial charge in [-0.2, -0.15) is 0 Å². The van der Waals surface area contributed by atoms with Crippen LogP contribution in [-0.4, -0.2) is 96.1 Å². The predicted octanol–water partition coefficient (Wildman–Crippen LogP) is 6.81. The van der Waals surface area contributed by atoms with Crippen molar-refractivity contribution >= 4 is 17.5 Å². The van der Waals surface area contributed by atoms with Crippen LogP contribution in [0.5, 0.6) is 11.5 Å². The summed E-state index contributed by atoms with van der Waals surface area (Å²) in [7, 11) is 0. The van der Waals surface area contributed by atoms with E-state index in [9.17, 15) is 14.7 Å². The molecule has 4 heterocycles. The van der Waals surface area contributed by atoms with Crippen molar-refractivity contribution in [2.24, 2.45) is 5.41 Å². The molecule has 4 aromatic carbocycles. The summed E-state index contributed by atoms with van der Waals surface area (Å²) in [4.78, 5) is 34.5. The first-order chi connectivity index (χ1) is 28.2. The average Bonchev–Trinajstić information content (AvgIpc) is 3.54. The molecule has 1 spiro atoms. The van der Waals surface area contributed by atoms with Crippen molar-refractivity contribution in [1.29, 1.82) is 0 Å². The van der Waals surface area contributed by atoms with E-state index in [0.29, 0.717) is 65.1 Å². The molecule has 3 saturated heterocycles. The van der Waals surface area contributed by atoms with Crippen LogP contribution in [0.2, 0.25) is 0 Å². The molecule has 58 heavy (non-hydrogen) atoms. The first kappa shape index (κ1) is 37.1. The maximum absolute atomic E-state index is 16.0. The predicted molar refractivity (Wildman–Crippen MR) is 222 cm³/mol. The molecular formula is C48H52FN5O4. The summed E-state index contributed by atoms with van der Waals surface area (Å²) in [6.07, 6.45) is 5.56. The van der Waals surface area contributed by atoms with Crippen molar-refractivity contribution in [3.63, 3.8) is 0 Å². The molecule has 4 aromatic rings. The fourth-order valence-corrected chi connectivity index (χ4v) is 11.1. The van der Waals surface area contributed by atoms with Crippen LogP contribution in [0.25, 0.3) is 0 Å². The first-order valence-electron chi connectivity index (χ1n) is 21.1. The van der Waals surface area contributed by atoms with E-state index in [1.165, 1.54) is 40.0 Å². The number of carbonyl (C=O) groups excluding carboxylic acids is 2. The zero-order valence-electron chi connectivity index (χ0n) is 33.0. The van der Waals surface area contributed by atoms with Gasteiger partial charge in [0.25, 0.3) is 5.91 Å². The van der Waals surface area contributed by atoms with E-state index in [-0.39, 0.29) is 30.1 Å². The van der Waals surface area contributed by atoms with E-state index in [2.05, 4.69) is 87.3 Å². The number of amides is 2. The van der Waals surface area contributed by atoms with Crippen LogP contribution in [0.4, 0.5) is 10.1 Å². The number of piperidine rings is 1. The summed E-state index contributed by atoms with van der Waals surface area (Å²) in [6.45, 7) is 11.1. The lowest BCUT2D eigenvalue weighted by Crippen LogP contribution is -2.68. The van der Waals surface area contributed by atoms with E-state index in [4.69, 9.17) is 4.74 Å². The average molecular weight is 782 g/mol. The second-order valence-electron chi connectivity index (χ2n) is 17.6. The highest BCUT2D eigenvalue weighted by molar-refractivity contribution is 6.02. The number of hydrogen-bond donors (Lipinski definition) is 2. The van der Waals surface area contributed by atoms with Crippen molar-refractivity contribution in [2.45, 2.75) is 69.0 Å². The number of carbonyl (C=O) groups is 2. The van der Waals surface area contributed by atoms with E-state index >= 15 is 4.39 Å². The van der Waals surface area contributed by atoms with Gasteiger partial charge in [-0.05, 0) is 109 Å². The molecule has 9 nitrogen and oxygen atoms in total. The lowest BCUT2D eigenvalue weighted by atomic mass is 9.60. The third-order valence-corrected chi connectivity index (χ3v) is 14.1. The number of ether oxygens (including phenoxy) is 1. The first-order valence-corrected chi connectivity index (χ1v) is 21.1. The van der Waals surface area contributed by atoms with Gasteiger partial charge in [0.15, 0.2) is 5.82 Å². The van der Waals surface area contributed by atoms with Gasteiger partial charge >= 0.3 is 0 Å². The van der Waals surface area contributed by atoms with Crippen LogP contribution in [0.1, 0.15) is 82.1 Å². The van der Waals surface area contributed by atoms with E-state index in [1.54, 1.807) is 12.1 Å². The zero-order chi connectivity index (χ0) is 39.5. The number of allylic oxidation sites excluding steroid dienone is 1. The number of benzene rings is 4. The number of phenolic OH excluding ortho intramolecular Hbond substituents is 1. The number of rotatable bonds is 9. The molecule has 0 radical (unpaired) electrons. The molecule has 4 aliphatic heterocycles. The molecule has 0 aromatic heterocycles. The van der Waals surface area contributed by atoms with Crippen molar-refractivity contribution in [3.05, 3.63) is 136 Å². The van der Waals surface area contributed by atoms with Crippen molar-refractivity contribution in [2.75, 3.05) is 57.3 Å². The van der Waals surface area contributed by atoms with Crippen molar-refractivity contribution in [3.8, 4) is 11.5 Å². The molecule has 3 atom stereocenters. The molecule has 10 rings (SSSR count). The molecule has 2 aliphatic carbocycles. The summed E-state index contributed by atoms with van der Waals surface area (Å²) in [5, 5.41) is 12.9. The molecule has 4 fully saturated rings. The molecule has 10 heteroatoms. The van der Waals surface area contributed by atoms with Crippen LogP contribution in [-0.2, 0) is 17.8 Å². The standard InChI is InChI=1S/C48H52FN5O4/c1-31-7-17-43(46(56)50-31)54-28-41-40(47(54)57)16-18-42(45(41)49)53-21-19-52(20-22-53)35-26-48(27-35)29-51(30-48)23-24-58-37-12-8-33(9-13-37)44-38(32-5-3-2-4-6-32)14-10-34-25-36(55)11-15-39(34)44/h2-6,8-9,11-13,15-16,18,25,35,38,43-44,55H,1,7,10,14,17,19-24,26-30H2,(H,50,56)/t38-,43?,44+/m1/s1. The summed E-state index contributed by atoms with van der Waals surface area (Å²) in [5.74, 6) is 0.994. The third-order valence-electron chi connectivity index (χ3n) is 14.1. The van der Waals surface area contributed by atoms with Gasteiger partial charge in [-0.15, -0.1) is 0 Å². The quantitative estimate of drug-likeness (QED) is 0.193. The molecule has 6 aliphatic rings. The van der Waals surface area contributed by atoms with Gasteiger partial charge in [0.05, 0.1) is 12.2 Å². The lowest BCUT2D eigenvalue weighted by Gasteiger charge is -2.62. The van der Waals surface area contributed by atoms with E-state index < -0.39 is 6.04 Å². The van der Waals surface area contributed by atoms with Crippen LogP contribution in [0, 0.1) is 11.2 Å². The van der Waals surface area contributed by atoms with E-state index in [1.807, 2.05) is 12.1 Å². The zero-order valence-corrected chi connectivity index (χ0v) is 33.0. The number of nitrogens with zero attached hydrogens (tertiary/aromatic N) is 4. The SMILES string of the molecule is C=C1CCC(N2Cc3c(ccc(N4CCN(C5CC6(C5)CN(CCOc5ccc([C@@H]7c8ccc(O)cc8CC[C@@H]7c7ccccc7)cc5)C6)CC4)c3F)C2=O)C(=O)N1. The van der Waals surface area contributed by atoms with Crippen molar-refractivity contribution in [1.82, 2.24) is 20.0 Å². The van der Waals surface area contributed by atoms with Crippen LogP contribution in [0.15, 0.2) is 97.2 Å². The molecular weight excluding hydrogens is 730 g/mol. The molecule has 0 bridgehead atoms. The topological polar surface area (TPSA) is 88.6 Å². The highest BCUT2D eigenvalue weighted by Crippen LogP contribution is 2.51. The summed E-state index contributed by atoms with van der Waals surface area (Å²) >= 11 is 0. The Hall–Kier alpha value is -5.19. The number of hydrogen-bond acceptors (Lipinski definition) is 7. The Balaban J connectivity index is 0.680. The van der Waals surface area contributed by atoms with Gasteiger partial charge in [-0.1, -0.05) is 55.1 Å². The van der Waals surface area contributed by atoms with Gasteiger partial charge in [0.2, 0.25) is 5.91 Å². The summed E-state index contributed by atoms with van der Waals surface area (Å²) < 4.78 is 22.2. The number of piperazine rings is 1. The maximum atomic E-state index is 16.0. The monoisotopic (exact) mass is 781 g/mol. The minimum absolute atomic E-state index is 0.124. The molecule has 1 unspecified atom stereocenters. The Morgan fingerprint density at radius 2 is 1.66 bits per heavy atom. The highest BCUT2D eigenvalue weighted by atomic mass is 19.1. The summed E-state index contributed by atoms with van der Waals surface area (Å²) in [6, 6.07) is 28.8. The maximum Gasteiger partial charge on any atom is 0.255 e. The molecule has 2 N–H and O–H groups in total. The fraction of sp³-hybridized carbons (Fsp3) is 0.417. The van der Waals surface area contributed by atoms with Crippen LogP contribution >= 0.6 is 0 Å². The Morgan fingerprint density at radius 3 is 2.41 bits per heavy atom. The van der Waals surface area contributed by atoms with Gasteiger partial charge in [-0.25, -0.2) is 4.39 Å². The largest absolute Gasteiger partial charge is 0.508 e. The van der Waals surface area contributed by atoms with Gasteiger partial charge < -0.3 is 25.0 Å². The summed E-state index contributed by atoms with van der Waals surface area (Å²) in [5.41, 5.74) is 7.58. The van der Waals surface area contributed by atoms with Gasteiger partial charge in [-0.3, -0.25) is 19.4 Å². The minimum Gasteiger partial charge on any atom is -0.508 e. The number of phenols is 1. The second kappa shape index (κ2) is 14.9. The molecule has 1 saturated carbocycles. The van der Waals surface area contributed by atoms with Crippen molar-refractivity contribution < 1.29 is 23.8 Å². The van der Waals surface area contributed by atoms with Crippen LogP contribution in [0.3, 0.4) is 0 Å². The van der Waals surface area contributed by atoms with E-state index in [0.717, 1.165) is 64.4 Å². The number of fused-ring (bicyclic) bond motifs is 2. The number of nitrogens with one attached hydrogen (secondary N) is 1. The van der Waals surface area contributed by atoms with Gasteiger partial charge in [0.1, 0.15) is 24.1 Å². The number of anilines is 1. The van der Waals surface area contributed by atoms with Gasteiger partial charge in [0, 0.05) is 74.6 Å². The molecule has 300 valence electrons. The smallest absolute Gasteiger partial charge is 0.255 e. The highest BCUT2D eigenvalue weighted by Gasteiger charge is 2.53. The Morgan fingerprint density at radius 1 is 0.879 bits per heavy atom. The Kier molecular flexibility index (Phi) is 9.52. The Bertz CT molecular complexity index is 2220. The number of aromatic hydroxyl groups is 1. The normalized spacial score (nSPS) is 24.6. The molecule has 2 amide bonds. The van der Waals surface area contributed by atoms with Crippen LogP contribution < -0.4 is 15.0 Å². The number of halogens is 1. The number of likely N-dealkylation sites (tertiary alicyclic amines) is 1. The minimum atomic E-state index is -0.596. The lowest BCUT2D eigenvalue weighted by molar-refractivity contribution is -0.126. The third kappa shape index (κ3) is 6.74. The Labute approximate surface area is 340 Å². The number of aryl methyl sites for hydroxylation is 1. The fourth-order valence-electron chi connectivity index (χ4n) is 11.1.